The number of rotatable bonds is 6. The Morgan fingerprint density at radius 2 is 2.05 bits per heavy atom. The highest BCUT2D eigenvalue weighted by molar-refractivity contribution is 7.89. The molecule has 0 unspecified atom stereocenters. The molecule has 1 aromatic rings. The summed E-state index contributed by atoms with van der Waals surface area (Å²) >= 11 is 0. The van der Waals surface area contributed by atoms with Crippen LogP contribution in [-0.4, -0.2) is 39.9 Å². The molecule has 1 aromatic carbocycles. The van der Waals surface area contributed by atoms with Gasteiger partial charge in [-0.25, -0.2) is 17.9 Å². The molecule has 0 aliphatic rings. The molecule has 3 N–H and O–H groups in total. The van der Waals surface area contributed by atoms with E-state index in [1.54, 1.807) is 0 Å². The topological polar surface area (TPSA) is 92.5 Å². The minimum Gasteiger partial charge on any atom is -0.325 e. The lowest BCUT2D eigenvalue weighted by Gasteiger charge is -2.11. The highest BCUT2D eigenvalue weighted by Crippen LogP contribution is 2.21. The number of anilines is 1. The number of nitrogens with two attached hydrogens (primary N) is 1. The summed E-state index contributed by atoms with van der Waals surface area (Å²) in [6, 6.07) is 2.94. The molecule has 0 atom stereocenters. The first-order valence-corrected chi connectivity index (χ1v) is 7.51. The van der Waals surface area contributed by atoms with Crippen molar-refractivity contribution >= 4 is 21.6 Å². The summed E-state index contributed by atoms with van der Waals surface area (Å²) in [6.07, 6.45) is 0.817. The van der Waals surface area contributed by atoms with Crippen LogP contribution in [0.5, 0.6) is 0 Å². The van der Waals surface area contributed by atoms with Gasteiger partial charge >= 0.3 is 0 Å². The van der Waals surface area contributed by atoms with Crippen molar-refractivity contribution in [1.29, 1.82) is 0 Å². The Bertz CT molecular complexity index is 588. The summed E-state index contributed by atoms with van der Waals surface area (Å²) in [5.74, 6) is -1.04. The van der Waals surface area contributed by atoms with Crippen LogP contribution in [0.25, 0.3) is 0 Å². The molecular weight excluding hydrogens is 285 g/mol. The van der Waals surface area contributed by atoms with Crippen LogP contribution in [0.15, 0.2) is 23.1 Å². The van der Waals surface area contributed by atoms with E-state index in [-0.39, 0.29) is 22.9 Å². The fourth-order valence-electron chi connectivity index (χ4n) is 1.62. The first-order chi connectivity index (χ1) is 9.20. The molecule has 0 aliphatic carbocycles. The van der Waals surface area contributed by atoms with Crippen LogP contribution in [0.1, 0.15) is 12.8 Å². The quantitative estimate of drug-likeness (QED) is 0.811. The van der Waals surface area contributed by atoms with E-state index in [1.807, 2.05) is 19.0 Å². The minimum absolute atomic E-state index is 0.137. The van der Waals surface area contributed by atoms with Crippen LogP contribution in [0, 0.1) is 5.82 Å². The second kappa shape index (κ2) is 6.78. The monoisotopic (exact) mass is 303 g/mol. The Balaban J connectivity index is 2.81. The molecule has 0 saturated heterocycles. The average molecular weight is 303 g/mol. The largest absolute Gasteiger partial charge is 0.325 e. The van der Waals surface area contributed by atoms with Gasteiger partial charge in [0.05, 0.1) is 5.69 Å². The van der Waals surface area contributed by atoms with Gasteiger partial charge in [-0.1, -0.05) is 0 Å². The van der Waals surface area contributed by atoms with Crippen molar-refractivity contribution < 1.29 is 17.6 Å². The van der Waals surface area contributed by atoms with Gasteiger partial charge in [0.2, 0.25) is 15.9 Å². The van der Waals surface area contributed by atoms with Gasteiger partial charge in [-0.3, -0.25) is 4.79 Å². The van der Waals surface area contributed by atoms with Crippen LogP contribution < -0.4 is 10.5 Å². The van der Waals surface area contributed by atoms with Crippen LogP contribution in [0.3, 0.4) is 0 Å². The predicted molar refractivity (Wildman–Crippen MR) is 74.2 cm³/mol. The molecule has 1 rings (SSSR count). The number of carbonyl (C=O) groups excluding carboxylic acids is 1. The number of nitrogens with one attached hydrogen (secondary N) is 1. The summed E-state index contributed by atoms with van der Waals surface area (Å²) in [5.41, 5.74) is -0.137. The molecule has 0 aliphatic heterocycles. The fraction of sp³-hybridized carbons (Fsp3) is 0.417. The molecule has 20 heavy (non-hydrogen) atoms. The Morgan fingerprint density at radius 1 is 1.40 bits per heavy atom. The number of nitrogens with zero attached hydrogens (tertiary/aromatic N) is 1. The zero-order valence-electron chi connectivity index (χ0n) is 11.4. The number of amides is 1. The van der Waals surface area contributed by atoms with Gasteiger partial charge in [-0.2, -0.15) is 0 Å². The molecule has 6 nitrogen and oxygen atoms in total. The second-order valence-corrected chi connectivity index (χ2v) is 6.17. The number of carbonyl (C=O) groups is 1. The van der Waals surface area contributed by atoms with E-state index < -0.39 is 15.8 Å². The van der Waals surface area contributed by atoms with Gasteiger partial charge in [0.25, 0.3) is 0 Å². The van der Waals surface area contributed by atoms with Gasteiger partial charge in [0.1, 0.15) is 10.7 Å². The first-order valence-electron chi connectivity index (χ1n) is 5.97. The molecule has 0 fully saturated rings. The van der Waals surface area contributed by atoms with Crippen LogP contribution in [0.2, 0.25) is 0 Å². The third-order valence-corrected chi connectivity index (χ3v) is 3.50. The maximum atomic E-state index is 13.2. The van der Waals surface area contributed by atoms with Crippen molar-refractivity contribution in [3.05, 3.63) is 24.0 Å². The minimum atomic E-state index is -4.02. The smallest absolute Gasteiger partial charge is 0.240 e. The Hall–Kier alpha value is -1.51. The summed E-state index contributed by atoms with van der Waals surface area (Å²) in [4.78, 5) is 13.3. The van der Waals surface area contributed by atoms with Crippen molar-refractivity contribution in [2.75, 3.05) is 26.0 Å². The van der Waals surface area contributed by atoms with Gasteiger partial charge < -0.3 is 10.2 Å². The standard InChI is InChI=1S/C12H18FN3O3S/c1-16(2)7-3-4-12(17)15-10-8-9(13)5-6-11(10)20(14,18)19/h5-6,8H,3-4,7H2,1-2H3,(H,15,17)(H2,14,18,19). The lowest BCUT2D eigenvalue weighted by atomic mass is 10.2. The molecular formula is C12H18FN3O3S. The van der Waals surface area contributed by atoms with Crippen molar-refractivity contribution in [1.82, 2.24) is 4.90 Å². The molecule has 1 amide bonds. The SMILES string of the molecule is CN(C)CCCC(=O)Nc1cc(F)ccc1S(N)(=O)=O. The van der Waals surface area contributed by atoms with E-state index in [9.17, 15) is 17.6 Å². The maximum absolute atomic E-state index is 13.2. The van der Waals surface area contributed by atoms with E-state index in [2.05, 4.69) is 5.32 Å². The van der Waals surface area contributed by atoms with E-state index in [0.717, 1.165) is 24.7 Å². The van der Waals surface area contributed by atoms with Crippen molar-refractivity contribution in [2.45, 2.75) is 17.7 Å². The Kier molecular flexibility index (Phi) is 5.61. The predicted octanol–water partition coefficient (Wildman–Crippen LogP) is 0.753. The first kappa shape index (κ1) is 16.5. The zero-order chi connectivity index (χ0) is 15.3. The summed E-state index contributed by atoms with van der Waals surface area (Å²) in [5, 5.41) is 7.39. The Morgan fingerprint density at radius 3 is 2.60 bits per heavy atom. The highest BCUT2D eigenvalue weighted by Gasteiger charge is 2.16. The number of hydrogen-bond donors (Lipinski definition) is 2. The molecule has 0 spiro atoms. The molecule has 0 heterocycles. The molecule has 112 valence electrons. The summed E-state index contributed by atoms with van der Waals surface area (Å²) in [7, 11) is -0.262. The fourth-order valence-corrected chi connectivity index (χ4v) is 2.29. The molecule has 0 aromatic heterocycles. The van der Waals surface area contributed by atoms with E-state index >= 15 is 0 Å². The van der Waals surface area contributed by atoms with E-state index in [0.29, 0.717) is 6.42 Å². The van der Waals surface area contributed by atoms with Crippen molar-refractivity contribution in [3.8, 4) is 0 Å². The summed E-state index contributed by atoms with van der Waals surface area (Å²) in [6.45, 7) is 0.721. The van der Waals surface area contributed by atoms with Crippen LogP contribution in [-0.2, 0) is 14.8 Å². The van der Waals surface area contributed by atoms with E-state index in [1.165, 1.54) is 0 Å². The third-order valence-electron chi connectivity index (χ3n) is 2.53. The summed E-state index contributed by atoms with van der Waals surface area (Å²) < 4.78 is 35.8. The van der Waals surface area contributed by atoms with Crippen molar-refractivity contribution in [3.63, 3.8) is 0 Å². The molecule has 0 bridgehead atoms. The average Bonchev–Trinajstić information content (AvgIpc) is 2.26. The third kappa shape index (κ3) is 5.24. The van der Waals surface area contributed by atoms with Crippen LogP contribution in [0.4, 0.5) is 10.1 Å². The second-order valence-electron chi connectivity index (χ2n) is 4.64. The lowest BCUT2D eigenvalue weighted by Crippen LogP contribution is -2.20. The Labute approximate surface area is 117 Å². The number of sulfonamides is 1. The molecule has 8 heteroatoms. The van der Waals surface area contributed by atoms with Crippen molar-refractivity contribution in [2.24, 2.45) is 5.14 Å². The highest BCUT2D eigenvalue weighted by atomic mass is 32.2. The maximum Gasteiger partial charge on any atom is 0.240 e. The number of hydrogen-bond acceptors (Lipinski definition) is 4. The van der Waals surface area contributed by atoms with Crippen LogP contribution >= 0.6 is 0 Å². The number of halogens is 1. The van der Waals surface area contributed by atoms with Gasteiger partial charge in [0.15, 0.2) is 0 Å². The van der Waals surface area contributed by atoms with E-state index in [4.69, 9.17) is 5.14 Å². The van der Waals surface area contributed by atoms with Gasteiger partial charge in [0, 0.05) is 6.42 Å². The lowest BCUT2D eigenvalue weighted by molar-refractivity contribution is -0.116. The molecule has 0 radical (unpaired) electrons. The van der Waals surface area contributed by atoms with Gasteiger partial charge in [-0.05, 0) is 45.3 Å². The zero-order valence-corrected chi connectivity index (χ0v) is 12.2. The normalized spacial score (nSPS) is 11.7. The van der Waals surface area contributed by atoms with Gasteiger partial charge in [-0.15, -0.1) is 0 Å². The molecule has 0 saturated carbocycles. The number of primary sulfonamides is 1. The number of benzene rings is 1.